The van der Waals surface area contributed by atoms with E-state index in [9.17, 15) is 9.18 Å². The first-order chi connectivity index (χ1) is 14.1. The van der Waals surface area contributed by atoms with Gasteiger partial charge < -0.3 is 10.2 Å². The third kappa shape index (κ3) is 4.95. The lowest BCUT2D eigenvalue weighted by atomic mass is 10.0. The first kappa shape index (κ1) is 19.5. The third-order valence-corrected chi connectivity index (χ3v) is 5.36. The highest BCUT2D eigenvalue weighted by Gasteiger charge is 2.23. The van der Waals surface area contributed by atoms with Crippen LogP contribution in [0.25, 0.3) is 11.3 Å². The topological polar surface area (TPSA) is 61.0 Å². The molecule has 0 spiro atoms. The highest BCUT2D eigenvalue weighted by molar-refractivity contribution is 6.30. The van der Waals surface area contributed by atoms with Crippen LogP contribution in [-0.4, -0.2) is 35.2 Å². The molecule has 0 saturated carbocycles. The smallest absolute Gasteiger partial charge is 0.224 e. The number of rotatable bonds is 5. The van der Waals surface area contributed by atoms with Crippen molar-refractivity contribution in [3.63, 3.8) is 0 Å². The lowest BCUT2D eigenvalue weighted by Crippen LogP contribution is -2.48. The van der Waals surface area contributed by atoms with Crippen LogP contribution in [0.5, 0.6) is 0 Å². The zero-order valence-corrected chi connectivity index (χ0v) is 16.6. The van der Waals surface area contributed by atoms with Gasteiger partial charge in [0.1, 0.15) is 5.82 Å². The number of amides is 1. The second-order valence-corrected chi connectivity index (χ2v) is 7.74. The Morgan fingerprint density at radius 3 is 2.72 bits per heavy atom. The van der Waals surface area contributed by atoms with E-state index in [2.05, 4.69) is 20.4 Å². The van der Waals surface area contributed by atoms with Crippen LogP contribution < -0.4 is 10.2 Å². The molecule has 1 unspecified atom stereocenters. The summed E-state index contributed by atoms with van der Waals surface area (Å²) >= 11 is 5.89. The average Bonchev–Trinajstić information content (AvgIpc) is 3.21. The number of H-pyrrole nitrogens is 1. The fraction of sp³-hybridized carbons (Fsp3) is 0.273. The molecule has 1 aliphatic heterocycles. The van der Waals surface area contributed by atoms with E-state index in [-0.39, 0.29) is 17.8 Å². The minimum absolute atomic E-state index is 0.00759. The van der Waals surface area contributed by atoms with Crippen molar-refractivity contribution >= 4 is 23.3 Å². The number of aromatic nitrogens is 2. The Bertz CT molecular complexity index is 971. The molecule has 2 N–H and O–H groups in total. The van der Waals surface area contributed by atoms with Crippen molar-refractivity contribution in [1.29, 1.82) is 0 Å². The summed E-state index contributed by atoms with van der Waals surface area (Å²) in [6.45, 7) is 1.59. The molecule has 29 heavy (non-hydrogen) atoms. The standard InChI is InChI=1S/C22H22ClFN4O/c23-17-7-3-15(4-8-17)12-22(29)25-19-2-1-11-28(14-19)21-13-20(26-27-21)16-5-9-18(24)10-6-16/h3-10,13,19H,1-2,11-12,14H2,(H,25,29)(H,26,27). The lowest BCUT2D eigenvalue weighted by Gasteiger charge is -2.33. The summed E-state index contributed by atoms with van der Waals surface area (Å²) < 4.78 is 13.1. The van der Waals surface area contributed by atoms with Gasteiger partial charge in [0, 0.05) is 30.2 Å². The van der Waals surface area contributed by atoms with Crippen molar-refractivity contribution in [2.75, 3.05) is 18.0 Å². The van der Waals surface area contributed by atoms with E-state index >= 15 is 0 Å². The fourth-order valence-electron chi connectivity index (χ4n) is 3.62. The summed E-state index contributed by atoms with van der Waals surface area (Å²) in [5, 5.41) is 11.2. The zero-order valence-electron chi connectivity index (χ0n) is 15.9. The van der Waals surface area contributed by atoms with Gasteiger partial charge in [0.25, 0.3) is 0 Å². The van der Waals surface area contributed by atoms with Gasteiger partial charge in [-0.05, 0) is 60.4 Å². The highest BCUT2D eigenvalue weighted by atomic mass is 35.5. The number of carbonyl (C=O) groups excluding carboxylic acids is 1. The van der Waals surface area contributed by atoms with Crippen LogP contribution in [-0.2, 0) is 11.2 Å². The van der Waals surface area contributed by atoms with E-state index in [1.807, 2.05) is 18.2 Å². The molecular formula is C22H22ClFN4O. The van der Waals surface area contributed by atoms with Crippen LogP contribution in [0.15, 0.2) is 54.6 Å². The third-order valence-electron chi connectivity index (χ3n) is 5.11. The number of piperidine rings is 1. The summed E-state index contributed by atoms with van der Waals surface area (Å²) in [6.07, 6.45) is 2.26. The van der Waals surface area contributed by atoms with E-state index in [0.29, 0.717) is 18.0 Å². The maximum atomic E-state index is 13.1. The van der Waals surface area contributed by atoms with Crippen LogP contribution in [0.2, 0.25) is 5.02 Å². The van der Waals surface area contributed by atoms with Crippen LogP contribution in [0.4, 0.5) is 10.2 Å². The van der Waals surface area contributed by atoms with Crippen molar-refractivity contribution < 1.29 is 9.18 Å². The van der Waals surface area contributed by atoms with Crippen molar-refractivity contribution in [2.45, 2.75) is 25.3 Å². The summed E-state index contributed by atoms with van der Waals surface area (Å²) in [6, 6.07) is 15.7. The lowest BCUT2D eigenvalue weighted by molar-refractivity contribution is -0.121. The van der Waals surface area contributed by atoms with Crippen LogP contribution in [0.1, 0.15) is 18.4 Å². The summed E-state index contributed by atoms with van der Waals surface area (Å²) in [4.78, 5) is 14.6. The number of carbonyl (C=O) groups is 1. The maximum absolute atomic E-state index is 13.1. The zero-order chi connectivity index (χ0) is 20.2. The summed E-state index contributed by atoms with van der Waals surface area (Å²) in [7, 11) is 0. The van der Waals surface area contributed by atoms with Crippen molar-refractivity contribution in [3.05, 3.63) is 71.0 Å². The molecule has 1 saturated heterocycles. The molecule has 1 aromatic heterocycles. The highest BCUT2D eigenvalue weighted by Crippen LogP contribution is 2.24. The normalized spacial score (nSPS) is 16.6. The molecule has 2 heterocycles. The van der Waals surface area contributed by atoms with E-state index in [4.69, 9.17) is 11.6 Å². The van der Waals surface area contributed by atoms with Crippen LogP contribution in [0.3, 0.4) is 0 Å². The second kappa shape index (κ2) is 8.66. The molecule has 0 radical (unpaired) electrons. The Morgan fingerprint density at radius 1 is 1.21 bits per heavy atom. The van der Waals surface area contributed by atoms with Gasteiger partial charge >= 0.3 is 0 Å². The minimum Gasteiger partial charge on any atom is -0.353 e. The van der Waals surface area contributed by atoms with Crippen molar-refractivity contribution in [3.8, 4) is 11.3 Å². The van der Waals surface area contributed by atoms with E-state index in [0.717, 1.165) is 42.0 Å². The Hall–Kier alpha value is -2.86. The number of nitrogens with zero attached hydrogens (tertiary/aromatic N) is 2. The summed E-state index contributed by atoms with van der Waals surface area (Å²) in [5.41, 5.74) is 2.67. The van der Waals surface area contributed by atoms with E-state index in [1.54, 1.807) is 24.3 Å². The molecule has 5 nitrogen and oxygen atoms in total. The molecule has 1 amide bonds. The first-order valence-corrected chi connectivity index (χ1v) is 10.0. The SMILES string of the molecule is O=C(Cc1ccc(Cl)cc1)NC1CCCN(c2cc(-c3ccc(F)cc3)[nH]n2)C1. The Balaban J connectivity index is 1.36. The first-order valence-electron chi connectivity index (χ1n) is 9.67. The number of aromatic amines is 1. The molecule has 1 atom stereocenters. The number of hydrogen-bond acceptors (Lipinski definition) is 3. The van der Waals surface area contributed by atoms with Gasteiger partial charge in [0.2, 0.25) is 5.91 Å². The molecule has 2 aromatic carbocycles. The van der Waals surface area contributed by atoms with E-state index in [1.165, 1.54) is 12.1 Å². The van der Waals surface area contributed by atoms with Gasteiger partial charge in [0.05, 0.1) is 12.1 Å². The number of benzene rings is 2. The van der Waals surface area contributed by atoms with Gasteiger partial charge in [-0.3, -0.25) is 9.89 Å². The molecule has 3 aromatic rings. The quantitative estimate of drug-likeness (QED) is 0.660. The van der Waals surface area contributed by atoms with Gasteiger partial charge in [-0.25, -0.2) is 4.39 Å². The molecule has 4 rings (SSSR count). The fourth-order valence-corrected chi connectivity index (χ4v) is 3.75. The van der Waals surface area contributed by atoms with E-state index < -0.39 is 0 Å². The number of nitrogens with one attached hydrogen (secondary N) is 2. The molecule has 0 bridgehead atoms. The number of anilines is 1. The minimum atomic E-state index is -0.262. The number of halogens is 2. The maximum Gasteiger partial charge on any atom is 0.224 e. The molecular weight excluding hydrogens is 391 g/mol. The summed E-state index contributed by atoms with van der Waals surface area (Å²) in [5.74, 6) is 0.580. The second-order valence-electron chi connectivity index (χ2n) is 7.30. The largest absolute Gasteiger partial charge is 0.353 e. The molecule has 0 aliphatic carbocycles. The molecule has 150 valence electrons. The Kier molecular flexibility index (Phi) is 5.81. The van der Waals surface area contributed by atoms with Crippen molar-refractivity contribution in [1.82, 2.24) is 15.5 Å². The average molecular weight is 413 g/mol. The van der Waals surface area contributed by atoms with Gasteiger partial charge in [-0.15, -0.1) is 0 Å². The van der Waals surface area contributed by atoms with Gasteiger partial charge in [-0.2, -0.15) is 5.10 Å². The van der Waals surface area contributed by atoms with Crippen molar-refractivity contribution in [2.24, 2.45) is 0 Å². The number of hydrogen-bond donors (Lipinski definition) is 2. The predicted molar refractivity (Wildman–Crippen MR) is 113 cm³/mol. The Morgan fingerprint density at radius 2 is 1.97 bits per heavy atom. The van der Waals surface area contributed by atoms with Gasteiger partial charge in [0.15, 0.2) is 5.82 Å². The molecule has 1 aliphatic rings. The Labute approximate surface area is 173 Å². The van der Waals surface area contributed by atoms with Crippen LogP contribution in [0, 0.1) is 5.82 Å². The molecule has 1 fully saturated rings. The molecule has 7 heteroatoms. The van der Waals surface area contributed by atoms with Crippen LogP contribution >= 0.6 is 11.6 Å². The monoisotopic (exact) mass is 412 g/mol. The van der Waals surface area contributed by atoms with Gasteiger partial charge in [-0.1, -0.05) is 23.7 Å². The predicted octanol–water partition coefficient (Wildman–Crippen LogP) is 4.20.